The van der Waals surface area contributed by atoms with Gasteiger partial charge in [-0.3, -0.25) is 9.59 Å². The summed E-state index contributed by atoms with van der Waals surface area (Å²) >= 11 is 6.39. The lowest BCUT2D eigenvalue weighted by molar-refractivity contribution is 0.0949. The van der Waals surface area contributed by atoms with Gasteiger partial charge in [-0.15, -0.1) is 0 Å². The lowest BCUT2D eigenvalue weighted by atomic mass is 10.1. The molecule has 2 aromatic carbocycles. The Bertz CT molecular complexity index is 967. The van der Waals surface area contributed by atoms with Crippen LogP contribution in [-0.2, 0) is 6.54 Å². The summed E-state index contributed by atoms with van der Waals surface area (Å²) in [5.41, 5.74) is 8.05. The molecule has 0 fully saturated rings. The molecule has 1 aromatic heterocycles. The molecule has 0 spiro atoms. The molecule has 1 heterocycles. The fourth-order valence-corrected chi connectivity index (χ4v) is 2.96. The fraction of sp³-hybridized carbons (Fsp3) is 0.105. The van der Waals surface area contributed by atoms with Crippen molar-refractivity contribution in [2.24, 2.45) is 5.73 Å². The Morgan fingerprint density at radius 1 is 1.15 bits per heavy atom. The third kappa shape index (κ3) is 3.60. The first kappa shape index (κ1) is 17.7. The second kappa shape index (κ2) is 7.41. The number of nitrogens with two attached hydrogens (primary N) is 1. The smallest absolute Gasteiger partial charge is 0.256 e. The van der Waals surface area contributed by atoms with E-state index in [0.717, 1.165) is 11.3 Å². The number of carbonyl (C=O) groups excluding carboxylic acids is 2. The second-order valence-corrected chi connectivity index (χ2v) is 6.10. The van der Waals surface area contributed by atoms with Gasteiger partial charge >= 0.3 is 0 Å². The minimum Gasteiger partial charge on any atom is -0.366 e. The lowest BCUT2D eigenvalue weighted by Gasteiger charge is -2.07. The number of nitrogens with one attached hydrogen (secondary N) is 1. The van der Waals surface area contributed by atoms with Gasteiger partial charge in [0.1, 0.15) is 5.15 Å². The Hall–Kier alpha value is -3.12. The lowest BCUT2D eigenvalue weighted by Crippen LogP contribution is -2.23. The van der Waals surface area contributed by atoms with Gasteiger partial charge in [0.15, 0.2) is 0 Å². The summed E-state index contributed by atoms with van der Waals surface area (Å²) in [5.74, 6) is -0.847. The third-order valence-electron chi connectivity index (χ3n) is 3.90. The molecule has 3 aromatic rings. The number of rotatable bonds is 5. The summed E-state index contributed by atoms with van der Waals surface area (Å²) in [6, 6.07) is 16.1. The topological polar surface area (TPSA) is 90.0 Å². The number of benzene rings is 2. The minimum absolute atomic E-state index is 0.242. The maximum atomic E-state index is 12.6. The largest absolute Gasteiger partial charge is 0.366 e. The maximum absolute atomic E-state index is 12.6. The van der Waals surface area contributed by atoms with Gasteiger partial charge < -0.3 is 11.1 Å². The van der Waals surface area contributed by atoms with Crippen LogP contribution in [0.5, 0.6) is 0 Å². The van der Waals surface area contributed by atoms with E-state index in [1.54, 1.807) is 31.2 Å². The molecule has 0 unspecified atom stereocenters. The Labute approximate surface area is 155 Å². The average molecular weight is 369 g/mol. The van der Waals surface area contributed by atoms with Crippen molar-refractivity contribution >= 4 is 23.4 Å². The molecular weight excluding hydrogens is 352 g/mol. The van der Waals surface area contributed by atoms with E-state index < -0.39 is 5.91 Å². The van der Waals surface area contributed by atoms with Gasteiger partial charge in [0, 0.05) is 12.1 Å². The van der Waals surface area contributed by atoms with Gasteiger partial charge in [-0.2, -0.15) is 5.10 Å². The van der Waals surface area contributed by atoms with Crippen molar-refractivity contribution in [1.29, 1.82) is 0 Å². The molecule has 0 bridgehead atoms. The van der Waals surface area contributed by atoms with Crippen molar-refractivity contribution in [2.75, 3.05) is 0 Å². The van der Waals surface area contributed by atoms with Gasteiger partial charge in [0.05, 0.1) is 16.9 Å². The summed E-state index contributed by atoms with van der Waals surface area (Å²) in [7, 11) is 0. The van der Waals surface area contributed by atoms with Crippen LogP contribution in [0.2, 0.25) is 5.15 Å². The third-order valence-corrected chi connectivity index (χ3v) is 4.25. The highest BCUT2D eigenvalue weighted by atomic mass is 35.5. The summed E-state index contributed by atoms with van der Waals surface area (Å²) in [4.78, 5) is 23.8. The number of hydrogen-bond donors (Lipinski definition) is 2. The zero-order valence-electron chi connectivity index (χ0n) is 14.1. The molecule has 0 atom stereocenters. The standard InChI is InChI=1S/C19H17ClN4O2/c1-12-16(17(20)24(23-12)15-8-3-2-4-9-15)19(26)22-11-13-6-5-7-14(10-13)18(21)25/h2-10H,11H2,1H3,(H2,21,25)(H,22,26). The van der Waals surface area contributed by atoms with E-state index in [1.807, 2.05) is 30.3 Å². The van der Waals surface area contributed by atoms with Crippen LogP contribution in [-0.4, -0.2) is 21.6 Å². The van der Waals surface area contributed by atoms with Gasteiger partial charge in [0.25, 0.3) is 5.91 Å². The van der Waals surface area contributed by atoms with Gasteiger partial charge in [-0.25, -0.2) is 4.68 Å². The van der Waals surface area contributed by atoms with Crippen LogP contribution < -0.4 is 11.1 Å². The highest BCUT2D eigenvalue weighted by Crippen LogP contribution is 2.23. The number of primary amides is 1. The number of aryl methyl sites for hydroxylation is 1. The van der Waals surface area contributed by atoms with Crippen LogP contribution in [0.4, 0.5) is 0 Å². The van der Waals surface area contributed by atoms with Crippen LogP contribution >= 0.6 is 11.6 Å². The first-order valence-corrected chi connectivity index (χ1v) is 8.32. The van der Waals surface area contributed by atoms with Crippen LogP contribution in [0.1, 0.15) is 32.0 Å². The second-order valence-electron chi connectivity index (χ2n) is 5.75. The first-order valence-electron chi connectivity index (χ1n) is 7.95. The van der Waals surface area contributed by atoms with Crippen molar-refractivity contribution in [3.8, 4) is 5.69 Å². The summed E-state index contributed by atoms with van der Waals surface area (Å²) < 4.78 is 1.53. The average Bonchev–Trinajstić information content (AvgIpc) is 2.95. The zero-order chi connectivity index (χ0) is 18.7. The molecule has 0 saturated heterocycles. The SMILES string of the molecule is Cc1nn(-c2ccccc2)c(Cl)c1C(=O)NCc1cccc(C(N)=O)c1. The molecule has 26 heavy (non-hydrogen) atoms. The van der Waals surface area contributed by atoms with Crippen molar-refractivity contribution in [2.45, 2.75) is 13.5 Å². The quantitative estimate of drug-likeness (QED) is 0.725. The molecule has 6 nitrogen and oxygen atoms in total. The van der Waals surface area contributed by atoms with Gasteiger partial charge in [-0.1, -0.05) is 41.9 Å². The Balaban J connectivity index is 1.80. The highest BCUT2D eigenvalue weighted by Gasteiger charge is 2.20. The Kier molecular flexibility index (Phi) is 5.04. The number of aromatic nitrogens is 2. The number of carbonyl (C=O) groups is 2. The molecule has 3 N–H and O–H groups in total. The minimum atomic E-state index is -0.513. The van der Waals surface area contributed by atoms with Crippen molar-refractivity contribution < 1.29 is 9.59 Å². The first-order chi connectivity index (χ1) is 12.5. The van der Waals surface area contributed by atoms with E-state index in [0.29, 0.717) is 16.8 Å². The van der Waals surface area contributed by atoms with E-state index >= 15 is 0 Å². The maximum Gasteiger partial charge on any atom is 0.256 e. The molecule has 3 rings (SSSR count). The van der Waals surface area contributed by atoms with E-state index in [4.69, 9.17) is 17.3 Å². The van der Waals surface area contributed by atoms with E-state index in [9.17, 15) is 9.59 Å². The molecule has 2 amide bonds. The molecule has 0 aliphatic carbocycles. The van der Waals surface area contributed by atoms with Crippen LogP contribution in [0.15, 0.2) is 54.6 Å². The number of hydrogen-bond acceptors (Lipinski definition) is 3. The zero-order valence-corrected chi connectivity index (χ0v) is 14.8. The van der Waals surface area contributed by atoms with Gasteiger partial charge in [0.2, 0.25) is 5.91 Å². The molecule has 132 valence electrons. The van der Waals surface area contributed by atoms with Crippen molar-refractivity contribution in [3.05, 3.63) is 82.1 Å². The monoisotopic (exact) mass is 368 g/mol. The number of para-hydroxylation sites is 1. The highest BCUT2D eigenvalue weighted by molar-refractivity contribution is 6.33. The molecular formula is C19H17ClN4O2. The number of amides is 2. The summed E-state index contributed by atoms with van der Waals surface area (Å²) in [6.07, 6.45) is 0. The number of nitrogens with zero attached hydrogens (tertiary/aromatic N) is 2. The molecule has 0 aliphatic heterocycles. The van der Waals surface area contributed by atoms with E-state index in [-0.39, 0.29) is 17.6 Å². The Morgan fingerprint density at radius 2 is 1.88 bits per heavy atom. The predicted octanol–water partition coefficient (Wildman–Crippen LogP) is 2.86. The summed E-state index contributed by atoms with van der Waals surface area (Å²) in [6.45, 7) is 1.97. The normalized spacial score (nSPS) is 10.5. The van der Waals surface area contributed by atoms with E-state index in [1.165, 1.54) is 4.68 Å². The fourth-order valence-electron chi connectivity index (χ4n) is 2.60. The van der Waals surface area contributed by atoms with Crippen LogP contribution in [0.3, 0.4) is 0 Å². The molecule has 0 radical (unpaired) electrons. The van der Waals surface area contributed by atoms with Crippen LogP contribution in [0.25, 0.3) is 5.69 Å². The Morgan fingerprint density at radius 3 is 2.58 bits per heavy atom. The van der Waals surface area contributed by atoms with Crippen molar-refractivity contribution in [3.63, 3.8) is 0 Å². The van der Waals surface area contributed by atoms with E-state index in [2.05, 4.69) is 10.4 Å². The van der Waals surface area contributed by atoms with Crippen molar-refractivity contribution in [1.82, 2.24) is 15.1 Å². The van der Waals surface area contributed by atoms with Crippen LogP contribution in [0, 0.1) is 6.92 Å². The molecule has 7 heteroatoms. The predicted molar refractivity (Wildman–Crippen MR) is 99.4 cm³/mol. The molecule has 0 aliphatic rings. The molecule has 0 saturated carbocycles. The summed E-state index contributed by atoms with van der Waals surface area (Å²) in [5, 5.41) is 7.40. The number of halogens is 1. The van der Waals surface area contributed by atoms with Gasteiger partial charge in [-0.05, 0) is 36.8 Å².